The van der Waals surface area contributed by atoms with Crippen LogP contribution in [0.15, 0.2) is 30.3 Å². The zero-order chi connectivity index (χ0) is 20.7. The highest BCUT2D eigenvalue weighted by Gasteiger charge is 2.34. The lowest BCUT2D eigenvalue weighted by Gasteiger charge is -2.30. The summed E-state index contributed by atoms with van der Waals surface area (Å²) in [6.45, 7) is 8.40. The maximum absolute atomic E-state index is 11.9. The van der Waals surface area contributed by atoms with Crippen LogP contribution in [0.4, 0.5) is 5.69 Å². The lowest BCUT2D eigenvalue weighted by atomic mass is 9.80. The maximum Gasteiger partial charge on any atom is 0.164 e. The lowest BCUT2D eigenvalue weighted by molar-refractivity contribution is -0.136. The van der Waals surface area contributed by atoms with Gasteiger partial charge in [-0.05, 0) is 48.6 Å². The van der Waals surface area contributed by atoms with Crippen LogP contribution in [0.2, 0.25) is 0 Å². The van der Waals surface area contributed by atoms with Crippen molar-refractivity contribution in [3.05, 3.63) is 30.3 Å². The van der Waals surface area contributed by atoms with E-state index in [1.54, 1.807) is 7.11 Å². The topological polar surface area (TPSA) is 64.6 Å². The SMILES string of the molecule is CO[C@H]1C(=O)C[C@H](C)C[C@@H]1C.C[C@H]1CC(=O)[C@H](ONc2ccccc2)[C@@H](C)C1. The predicted molar refractivity (Wildman–Crippen MR) is 111 cm³/mol. The average Bonchev–Trinajstić information content (AvgIpc) is 2.62. The highest BCUT2D eigenvalue weighted by Crippen LogP contribution is 2.29. The lowest BCUT2D eigenvalue weighted by Crippen LogP contribution is -2.38. The number of rotatable bonds is 4. The molecule has 0 heterocycles. The van der Waals surface area contributed by atoms with Gasteiger partial charge in [0.05, 0.1) is 5.69 Å². The van der Waals surface area contributed by atoms with E-state index in [-0.39, 0.29) is 29.7 Å². The molecule has 0 aromatic heterocycles. The normalized spacial score (nSPS) is 33.0. The zero-order valence-electron chi connectivity index (χ0n) is 17.8. The molecule has 0 spiro atoms. The molecule has 1 N–H and O–H groups in total. The van der Waals surface area contributed by atoms with Gasteiger partial charge in [-0.3, -0.25) is 19.9 Å². The van der Waals surface area contributed by atoms with E-state index in [0.717, 1.165) is 18.5 Å². The Balaban J connectivity index is 0.000000221. The minimum atomic E-state index is -0.314. The van der Waals surface area contributed by atoms with Crippen molar-refractivity contribution in [2.24, 2.45) is 23.7 Å². The molecule has 0 radical (unpaired) electrons. The average molecular weight is 390 g/mol. The van der Waals surface area contributed by atoms with Gasteiger partial charge in [0.1, 0.15) is 12.2 Å². The minimum absolute atomic E-state index is 0.133. The molecule has 156 valence electrons. The number of carbonyl (C=O) groups is 2. The molecule has 0 aliphatic heterocycles. The number of ether oxygens (including phenoxy) is 1. The summed E-state index contributed by atoms with van der Waals surface area (Å²) in [4.78, 5) is 28.7. The number of methoxy groups -OCH3 is 1. The van der Waals surface area contributed by atoms with Crippen molar-refractivity contribution in [2.45, 2.75) is 65.6 Å². The number of nitrogens with one attached hydrogen (secondary N) is 1. The summed E-state index contributed by atoms with van der Waals surface area (Å²) in [6, 6.07) is 9.64. The first-order valence-corrected chi connectivity index (χ1v) is 10.4. The Bertz CT molecular complexity index is 633. The molecule has 5 heteroatoms. The molecular weight excluding hydrogens is 354 g/mol. The Morgan fingerprint density at radius 2 is 1.32 bits per heavy atom. The van der Waals surface area contributed by atoms with Gasteiger partial charge in [-0.25, -0.2) is 0 Å². The summed E-state index contributed by atoms with van der Waals surface area (Å²) in [6.07, 6.45) is 3.04. The largest absolute Gasteiger partial charge is 0.373 e. The molecule has 0 amide bonds. The Hall–Kier alpha value is -1.72. The van der Waals surface area contributed by atoms with E-state index in [1.165, 1.54) is 0 Å². The zero-order valence-corrected chi connectivity index (χ0v) is 17.8. The van der Waals surface area contributed by atoms with Crippen molar-refractivity contribution < 1.29 is 19.2 Å². The fourth-order valence-electron chi connectivity index (χ4n) is 4.42. The molecule has 0 unspecified atom stereocenters. The predicted octanol–water partition coefficient (Wildman–Crippen LogP) is 4.67. The van der Waals surface area contributed by atoms with Gasteiger partial charge >= 0.3 is 0 Å². The molecule has 2 aliphatic carbocycles. The molecular formula is C23H35NO4. The molecule has 1 aromatic rings. The van der Waals surface area contributed by atoms with Gasteiger partial charge in [0, 0.05) is 20.0 Å². The number of anilines is 1. The van der Waals surface area contributed by atoms with E-state index in [2.05, 4.69) is 33.2 Å². The van der Waals surface area contributed by atoms with Crippen LogP contribution in [0.5, 0.6) is 0 Å². The van der Waals surface area contributed by atoms with Gasteiger partial charge in [0.25, 0.3) is 0 Å². The van der Waals surface area contributed by atoms with Crippen molar-refractivity contribution in [2.75, 3.05) is 12.6 Å². The van der Waals surface area contributed by atoms with E-state index >= 15 is 0 Å². The van der Waals surface area contributed by atoms with Crippen molar-refractivity contribution in [3.8, 4) is 0 Å². The van der Waals surface area contributed by atoms with Crippen molar-refractivity contribution in [3.63, 3.8) is 0 Å². The number of ketones is 2. The standard InChI is InChI=1S/C14H19NO2.C9H16O2/c1-10-8-11(2)14(13(16)9-10)17-15-12-6-4-3-5-7-12;1-6-4-7(2)9(11-3)8(10)5-6/h3-7,10-11,14-15H,8-9H2,1-2H3;6-7,9H,4-5H2,1-3H3/t10-,11+,14-;6-,7+,9-/m11/s1. The molecule has 28 heavy (non-hydrogen) atoms. The molecule has 2 saturated carbocycles. The molecule has 6 atom stereocenters. The van der Waals surface area contributed by atoms with E-state index < -0.39 is 0 Å². The van der Waals surface area contributed by atoms with E-state index in [0.29, 0.717) is 30.6 Å². The van der Waals surface area contributed by atoms with Crippen LogP contribution >= 0.6 is 0 Å². The van der Waals surface area contributed by atoms with Crippen LogP contribution in [-0.4, -0.2) is 30.9 Å². The number of para-hydroxylation sites is 1. The van der Waals surface area contributed by atoms with Crippen LogP contribution in [0.3, 0.4) is 0 Å². The third kappa shape index (κ3) is 6.42. The summed E-state index contributed by atoms with van der Waals surface area (Å²) in [5.41, 5.74) is 3.75. The number of benzene rings is 1. The summed E-state index contributed by atoms with van der Waals surface area (Å²) in [5.74, 6) is 2.19. The molecule has 2 fully saturated rings. The monoisotopic (exact) mass is 389 g/mol. The van der Waals surface area contributed by atoms with Crippen LogP contribution < -0.4 is 5.48 Å². The number of carbonyl (C=O) groups excluding carboxylic acids is 2. The Morgan fingerprint density at radius 1 is 0.821 bits per heavy atom. The maximum atomic E-state index is 11.9. The summed E-state index contributed by atoms with van der Waals surface area (Å²) < 4.78 is 5.11. The Labute approximate surface area is 169 Å². The highest BCUT2D eigenvalue weighted by molar-refractivity contribution is 5.84. The first kappa shape index (κ1) is 22.6. The summed E-state index contributed by atoms with van der Waals surface area (Å²) >= 11 is 0. The van der Waals surface area contributed by atoms with Crippen LogP contribution in [0.25, 0.3) is 0 Å². The number of hydrogen-bond donors (Lipinski definition) is 1. The molecule has 0 saturated heterocycles. The fraction of sp³-hybridized carbons (Fsp3) is 0.652. The van der Waals surface area contributed by atoms with Gasteiger partial charge in [-0.2, -0.15) is 0 Å². The molecule has 5 nitrogen and oxygen atoms in total. The second-order valence-corrected chi connectivity index (χ2v) is 8.64. The van der Waals surface area contributed by atoms with Crippen molar-refractivity contribution >= 4 is 17.3 Å². The third-order valence-corrected chi connectivity index (χ3v) is 5.65. The molecule has 1 aromatic carbocycles. The summed E-state index contributed by atoms with van der Waals surface area (Å²) in [5, 5.41) is 0. The fourth-order valence-corrected chi connectivity index (χ4v) is 4.42. The van der Waals surface area contributed by atoms with Gasteiger partial charge < -0.3 is 4.74 Å². The second kappa shape index (κ2) is 10.7. The quantitative estimate of drug-likeness (QED) is 0.758. The Morgan fingerprint density at radius 3 is 1.79 bits per heavy atom. The van der Waals surface area contributed by atoms with Crippen LogP contribution in [0.1, 0.15) is 53.4 Å². The van der Waals surface area contributed by atoms with Crippen LogP contribution in [0, 0.1) is 23.7 Å². The first-order valence-electron chi connectivity index (χ1n) is 10.4. The van der Waals surface area contributed by atoms with E-state index in [9.17, 15) is 9.59 Å². The van der Waals surface area contributed by atoms with Crippen molar-refractivity contribution in [1.82, 2.24) is 0 Å². The first-order chi connectivity index (χ1) is 13.3. The Kier molecular flexibility index (Phi) is 8.64. The molecule has 2 aliphatic rings. The van der Waals surface area contributed by atoms with Gasteiger partial charge in [-0.15, -0.1) is 0 Å². The van der Waals surface area contributed by atoms with Gasteiger partial charge in [0.2, 0.25) is 0 Å². The number of Topliss-reactive ketones (excluding diaryl/α,β-unsaturated/α-hetero) is 2. The molecule has 0 bridgehead atoms. The third-order valence-electron chi connectivity index (χ3n) is 5.65. The second-order valence-electron chi connectivity index (χ2n) is 8.64. The smallest absolute Gasteiger partial charge is 0.164 e. The van der Waals surface area contributed by atoms with Gasteiger partial charge in [0.15, 0.2) is 11.6 Å². The van der Waals surface area contributed by atoms with E-state index in [1.807, 2.05) is 30.3 Å². The van der Waals surface area contributed by atoms with E-state index in [4.69, 9.17) is 9.57 Å². The van der Waals surface area contributed by atoms with Crippen molar-refractivity contribution in [1.29, 1.82) is 0 Å². The number of hydrogen-bond acceptors (Lipinski definition) is 5. The van der Waals surface area contributed by atoms with Gasteiger partial charge in [-0.1, -0.05) is 45.9 Å². The molecule has 3 rings (SSSR count). The summed E-state index contributed by atoms with van der Waals surface area (Å²) in [7, 11) is 1.62. The van der Waals surface area contributed by atoms with Crippen LogP contribution in [-0.2, 0) is 19.2 Å². The minimum Gasteiger partial charge on any atom is -0.373 e. The highest BCUT2D eigenvalue weighted by atomic mass is 16.7.